The third-order valence-corrected chi connectivity index (χ3v) is 3.67. The molecule has 6 nitrogen and oxygen atoms in total. The Bertz CT molecular complexity index is 686. The monoisotopic (exact) mass is 353 g/mol. The number of rotatable bonds is 10. The Hall–Kier alpha value is -2.94. The van der Waals surface area contributed by atoms with E-state index in [0.717, 1.165) is 50.7 Å². The summed E-state index contributed by atoms with van der Waals surface area (Å²) in [6.07, 6.45) is 10.8. The molecule has 0 aliphatic heterocycles. The molecule has 1 aromatic heterocycles. The minimum atomic E-state index is 0.295. The highest BCUT2D eigenvalue weighted by Crippen LogP contribution is 2.12. The fraction of sp³-hybridized carbons (Fsp3) is 0.400. The van der Waals surface area contributed by atoms with Crippen molar-refractivity contribution in [2.45, 2.75) is 26.3 Å². The Labute approximate surface area is 155 Å². The molecule has 1 aromatic carbocycles. The number of benzene rings is 1. The minimum absolute atomic E-state index is 0.295. The van der Waals surface area contributed by atoms with E-state index in [9.17, 15) is 0 Å². The molecule has 6 heteroatoms. The molecule has 0 radical (unpaired) electrons. The van der Waals surface area contributed by atoms with Crippen molar-refractivity contribution in [3.05, 3.63) is 48.3 Å². The largest absolute Gasteiger partial charge is 0.481 e. The van der Waals surface area contributed by atoms with E-state index in [2.05, 4.69) is 45.7 Å². The normalized spacial score (nSPS) is 11.0. The number of hydrogen-bond donors (Lipinski definition) is 2. The topological polar surface area (TPSA) is 63.5 Å². The number of ether oxygens (including phenoxy) is 1. The van der Waals surface area contributed by atoms with E-state index in [1.165, 1.54) is 5.56 Å². The third-order valence-electron chi connectivity index (χ3n) is 3.67. The third kappa shape index (κ3) is 7.31. The summed E-state index contributed by atoms with van der Waals surface area (Å²) in [5, 5.41) is 10.8. The van der Waals surface area contributed by atoms with Crippen molar-refractivity contribution >= 4 is 5.96 Å². The molecule has 2 aromatic rings. The van der Waals surface area contributed by atoms with Crippen molar-refractivity contribution in [3.63, 3.8) is 0 Å². The van der Waals surface area contributed by atoms with Gasteiger partial charge in [-0.3, -0.25) is 9.67 Å². The van der Waals surface area contributed by atoms with E-state index in [1.54, 1.807) is 6.20 Å². The van der Waals surface area contributed by atoms with Crippen LogP contribution in [0.1, 0.15) is 18.9 Å². The van der Waals surface area contributed by atoms with Crippen LogP contribution in [0.4, 0.5) is 0 Å². The number of nitrogens with one attached hydrogen (secondary N) is 2. The molecule has 0 bridgehead atoms. The smallest absolute Gasteiger partial charge is 0.191 e. The fourth-order valence-corrected chi connectivity index (χ4v) is 2.40. The zero-order chi connectivity index (χ0) is 18.5. The van der Waals surface area contributed by atoms with Gasteiger partial charge in [0.05, 0.1) is 0 Å². The van der Waals surface area contributed by atoms with Gasteiger partial charge >= 0.3 is 0 Å². The van der Waals surface area contributed by atoms with Gasteiger partial charge in [-0.1, -0.05) is 18.1 Å². The molecule has 0 aliphatic rings. The second-order valence-corrected chi connectivity index (χ2v) is 5.70. The van der Waals surface area contributed by atoms with Crippen LogP contribution in [0.15, 0.2) is 47.7 Å². The summed E-state index contributed by atoms with van der Waals surface area (Å²) >= 11 is 0. The lowest BCUT2D eigenvalue weighted by molar-refractivity contribution is 0.370. The maximum atomic E-state index is 5.38. The van der Waals surface area contributed by atoms with Crippen LogP contribution < -0.4 is 15.4 Å². The van der Waals surface area contributed by atoms with E-state index in [4.69, 9.17) is 11.2 Å². The van der Waals surface area contributed by atoms with Gasteiger partial charge in [0.15, 0.2) is 5.96 Å². The molecular weight excluding hydrogens is 326 g/mol. The van der Waals surface area contributed by atoms with Crippen molar-refractivity contribution in [1.29, 1.82) is 0 Å². The molecule has 0 unspecified atom stereocenters. The van der Waals surface area contributed by atoms with Crippen LogP contribution in [0.25, 0.3) is 0 Å². The highest BCUT2D eigenvalue weighted by Gasteiger charge is 1.99. The summed E-state index contributed by atoms with van der Waals surface area (Å²) in [4.78, 5) is 4.61. The lowest BCUT2D eigenvalue weighted by Crippen LogP contribution is -2.38. The van der Waals surface area contributed by atoms with Crippen LogP contribution in [-0.4, -0.2) is 42.0 Å². The predicted molar refractivity (Wildman–Crippen MR) is 105 cm³/mol. The number of aromatic nitrogens is 2. The Morgan fingerprint density at radius 3 is 2.85 bits per heavy atom. The molecule has 138 valence electrons. The van der Waals surface area contributed by atoms with E-state index >= 15 is 0 Å². The summed E-state index contributed by atoms with van der Waals surface area (Å²) in [5.41, 5.74) is 1.24. The second-order valence-electron chi connectivity index (χ2n) is 5.70. The van der Waals surface area contributed by atoms with E-state index in [-0.39, 0.29) is 0 Å². The lowest BCUT2D eigenvalue weighted by Gasteiger charge is -2.11. The molecule has 1 heterocycles. The summed E-state index contributed by atoms with van der Waals surface area (Å²) in [6.45, 7) is 5.65. The van der Waals surface area contributed by atoms with Gasteiger partial charge in [0, 0.05) is 38.6 Å². The first-order chi connectivity index (χ1) is 12.8. The Kier molecular flexibility index (Phi) is 8.64. The van der Waals surface area contributed by atoms with Crippen molar-refractivity contribution < 1.29 is 4.74 Å². The number of aryl methyl sites for hydroxylation is 1. The maximum Gasteiger partial charge on any atom is 0.191 e. The average molecular weight is 353 g/mol. The number of aliphatic imine (C=N–C) groups is 1. The van der Waals surface area contributed by atoms with Crippen LogP contribution in [0.3, 0.4) is 0 Å². The number of guanidine groups is 1. The predicted octanol–water partition coefficient (Wildman–Crippen LogP) is 2.08. The quantitative estimate of drug-likeness (QED) is 0.297. The van der Waals surface area contributed by atoms with Crippen molar-refractivity contribution in [3.8, 4) is 18.1 Å². The standard InChI is InChI=1S/C20H27N5O/c1-3-17-26-19-9-7-18(8-10-19)11-14-23-20(21-4-2)22-12-5-15-25-16-6-13-24-25/h1,6-10,13,16H,4-5,11-12,14-15,17H2,2H3,(H2,21,22,23). The van der Waals surface area contributed by atoms with Gasteiger partial charge in [-0.15, -0.1) is 6.42 Å². The van der Waals surface area contributed by atoms with Gasteiger partial charge in [-0.2, -0.15) is 5.10 Å². The molecule has 0 atom stereocenters. The highest BCUT2D eigenvalue weighted by molar-refractivity contribution is 5.79. The van der Waals surface area contributed by atoms with Crippen LogP contribution >= 0.6 is 0 Å². The number of terminal acetylenes is 1. The Morgan fingerprint density at radius 1 is 1.31 bits per heavy atom. The molecule has 0 fully saturated rings. The molecule has 0 saturated carbocycles. The first-order valence-electron chi connectivity index (χ1n) is 8.96. The highest BCUT2D eigenvalue weighted by atomic mass is 16.5. The maximum absolute atomic E-state index is 5.38. The van der Waals surface area contributed by atoms with Gasteiger partial charge in [-0.25, -0.2) is 0 Å². The Morgan fingerprint density at radius 2 is 2.15 bits per heavy atom. The molecule has 2 rings (SSSR count). The molecule has 0 saturated heterocycles. The van der Waals surface area contributed by atoms with Crippen LogP contribution in [-0.2, 0) is 13.0 Å². The van der Waals surface area contributed by atoms with Gasteiger partial charge in [0.25, 0.3) is 0 Å². The van der Waals surface area contributed by atoms with Crippen molar-refractivity contribution in [1.82, 2.24) is 20.4 Å². The van der Waals surface area contributed by atoms with Crippen LogP contribution in [0.2, 0.25) is 0 Å². The van der Waals surface area contributed by atoms with E-state index in [1.807, 2.05) is 29.1 Å². The van der Waals surface area contributed by atoms with Crippen molar-refractivity contribution in [2.75, 3.05) is 26.2 Å². The summed E-state index contributed by atoms with van der Waals surface area (Å²) < 4.78 is 7.30. The zero-order valence-electron chi connectivity index (χ0n) is 15.3. The summed E-state index contributed by atoms with van der Waals surface area (Å²) in [7, 11) is 0. The minimum Gasteiger partial charge on any atom is -0.481 e. The molecule has 26 heavy (non-hydrogen) atoms. The number of nitrogens with zero attached hydrogens (tertiary/aromatic N) is 3. The van der Waals surface area contributed by atoms with E-state index in [0.29, 0.717) is 6.61 Å². The molecule has 2 N–H and O–H groups in total. The Balaban J connectivity index is 1.71. The molecule has 0 spiro atoms. The first-order valence-corrected chi connectivity index (χ1v) is 8.96. The van der Waals surface area contributed by atoms with E-state index < -0.39 is 0 Å². The van der Waals surface area contributed by atoms with Gasteiger partial charge in [0.1, 0.15) is 12.4 Å². The average Bonchev–Trinajstić information content (AvgIpc) is 3.18. The van der Waals surface area contributed by atoms with Crippen LogP contribution in [0, 0.1) is 12.3 Å². The van der Waals surface area contributed by atoms with Crippen molar-refractivity contribution in [2.24, 2.45) is 4.99 Å². The first kappa shape index (κ1) is 19.4. The zero-order valence-corrected chi connectivity index (χ0v) is 15.3. The SMILES string of the molecule is C#CCOc1ccc(CCNC(=NCCCn2cccn2)NCC)cc1. The van der Waals surface area contributed by atoms with Gasteiger partial charge in [-0.05, 0) is 43.5 Å². The fourth-order valence-electron chi connectivity index (χ4n) is 2.40. The lowest BCUT2D eigenvalue weighted by atomic mass is 10.1. The van der Waals surface area contributed by atoms with Gasteiger partial charge < -0.3 is 15.4 Å². The summed E-state index contributed by atoms with van der Waals surface area (Å²) in [6, 6.07) is 9.94. The van der Waals surface area contributed by atoms with Gasteiger partial charge in [0.2, 0.25) is 0 Å². The molecular formula is C20H27N5O. The molecule has 0 amide bonds. The number of hydrogen-bond acceptors (Lipinski definition) is 3. The second kappa shape index (κ2) is 11.6. The van der Waals surface area contributed by atoms with Crippen LogP contribution in [0.5, 0.6) is 5.75 Å². The summed E-state index contributed by atoms with van der Waals surface area (Å²) in [5.74, 6) is 4.11. The molecule has 0 aliphatic carbocycles.